The Morgan fingerprint density at radius 3 is 2.83 bits per heavy atom. The largest absolute Gasteiger partial charge is 0.480 e. The Morgan fingerprint density at radius 1 is 1.44 bits per heavy atom. The van der Waals surface area contributed by atoms with E-state index in [4.69, 9.17) is 15.6 Å². The summed E-state index contributed by atoms with van der Waals surface area (Å²) in [6.07, 6.45) is 10.4. The molecule has 1 unspecified atom stereocenters. The summed E-state index contributed by atoms with van der Waals surface area (Å²) in [5.41, 5.74) is 8.25. The topological polar surface area (TPSA) is 72.5 Å². The van der Waals surface area contributed by atoms with Crippen LogP contribution in [0.4, 0.5) is 0 Å². The molecule has 4 heteroatoms. The molecule has 1 saturated heterocycles. The number of aliphatic carboxylic acids is 1. The molecule has 2 atom stereocenters. The summed E-state index contributed by atoms with van der Waals surface area (Å²) in [6.45, 7) is 1.52. The van der Waals surface area contributed by atoms with Crippen LogP contribution in [0.15, 0.2) is 35.5 Å². The number of ether oxygens (including phenoxy) is 1. The molecule has 1 fully saturated rings. The van der Waals surface area contributed by atoms with Crippen molar-refractivity contribution < 1.29 is 14.6 Å². The van der Waals surface area contributed by atoms with Crippen LogP contribution in [0, 0.1) is 5.92 Å². The molecule has 18 heavy (non-hydrogen) atoms. The smallest absolute Gasteiger partial charge is 0.320 e. The lowest BCUT2D eigenvalue weighted by atomic mass is 9.84. The molecule has 2 rings (SSSR count). The van der Waals surface area contributed by atoms with Gasteiger partial charge in [0.05, 0.1) is 13.2 Å². The van der Waals surface area contributed by atoms with E-state index < -0.39 is 12.0 Å². The average Bonchev–Trinajstić information content (AvgIpc) is 2.40. The summed E-state index contributed by atoms with van der Waals surface area (Å²) in [7, 11) is 0. The van der Waals surface area contributed by atoms with E-state index in [1.807, 2.05) is 18.2 Å². The van der Waals surface area contributed by atoms with Crippen LogP contribution in [0.1, 0.15) is 19.3 Å². The van der Waals surface area contributed by atoms with Gasteiger partial charge in [0.2, 0.25) is 0 Å². The molecule has 2 aliphatic rings. The summed E-state index contributed by atoms with van der Waals surface area (Å²) in [6, 6.07) is -0.804. The van der Waals surface area contributed by atoms with Gasteiger partial charge in [-0.05, 0) is 24.8 Å². The first-order chi connectivity index (χ1) is 8.68. The molecule has 0 aromatic heterocycles. The van der Waals surface area contributed by atoms with Crippen molar-refractivity contribution in [3.05, 3.63) is 35.5 Å². The number of allylic oxidation sites excluding steroid dienone is 5. The van der Waals surface area contributed by atoms with Gasteiger partial charge in [-0.1, -0.05) is 29.9 Å². The highest BCUT2D eigenvalue weighted by molar-refractivity contribution is 5.73. The minimum Gasteiger partial charge on any atom is -0.480 e. The van der Waals surface area contributed by atoms with Crippen LogP contribution < -0.4 is 5.73 Å². The van der Waals surface area contributed by atoms with Gasteiger partial charge in [0, 0.05) is 5.92 Å². The Kier molecular flexibility index (Phi) is 4.33. The van der Waals surface area contributed by atoms with E-state index in [2.05, 4.69) is 6.08 Å². The first-order valence-electron chi connectivity index (χ1n) is 6.31. The molecule has 0 aromatic rings. The number of hydrogen-bond acceptors (Lipinski definition) is 3. The second-order valence-corrected chi connectivity index (χ2v) is 4.70. The predicted molar refractivity (Wildman–Crippen MR) is 69.1 cm³/mol. The van der Waals surface area contributed by atoms with Gasteiger partial charge in [-0.2, -0.15) is 0 Å². The van der Waals surface area contributed by atoms with Crippen LogP contribution in [0.3, 0.4) is 0 Å². The van der Waals surface area contributed by atoms with Gasteiger partial charge < -0.3 is 15.6 Å². The van der Waals surface area contributed by atoms with Crippen LogP contribution in [0.5, 0.6) is 0 Å². The molecule has 3 N–H and O–H groups in total. The molecule has 0 amide bonds. The van der Waals surface area contributed by atoms with Crippen LogP contribution in [0.25, 0.3) is 0 Å². The van der Waals surface area contributed by atoms with Gasteiger partial charge in [0.1, 0.15) is 6.04 Å². The lowest BCUT2D eigenvalue weighted by Gasteiger charge is -2.25. The molecule has 4 nitrogen and oxygen atoms in total. The lowest BCUT2D eigenvalue weighted by Crippen LogP contribution is -2.32. The van der Waals surface area contributed by atoms with Crippen molar-refractivity contribution in [1.82, 2.24) is 0 Å². The monoisotopic (exact) mass is 249 g/mol. The fraction of sp³-hybridized carbons (Fsp3) is 0.500. The molecule has 0 radical (unpaired) electrons. The molecule has 1 heterocycles. The van der Waals surface area contributed by atoms with Gasteiger partial charge in [0.25, 0.3) is 0 Å². The Labute approximate surface area is 107 Å². The minimum atomic E-state index is -0.936. The van der Waals surface area contributed by atoms with E-state index in [9.17, 15) is 4.79 Å². The van der Waals surface area contributed by atoms with Gasteiger partial charge in [-0.15, -0.1) is 0 Å². The number of carboxylic acids is 1. The van der Waals surface area contributed by atoms with E-state index in [-0.39, 0.29) is 5.92 Å². The first kappa shape index (κ1) is 13.1. The Morgan fingerprint density at radius 2 is 2.17 bits per heavy atom. The van der Waals surface area contributed by atoms with Crippen molar-refractivity contribution in [3.63, 3.8) is 0 Å². The summed E-state index contributed by atoms with van der Waals surface area (Å²) >= 11 is 0. The second kappa shape index (κ2) is 5.98. The fourth-order valence-electron chi connectivity index (χ4n) is 2.45. The van der Waals surface area contributed by atoms with Gasteiger partial charge in [0.15, 0.2) is 0 Å². The van der Waals surface area contributed by atoms with E-state index in [0.29, 0.717) is 6.42 Å². The Bertz CT molecular complexity index is 401. The maximum atomic E-state index is 10.9. The zero-order chi connectivity index (χ0) is 13.0. The minimum absolute atomic E-state index is 0.120. The maximum absolute atomic E-state index is 10.9. The van der Waals surface area contributed by atoms with Crippen LogP contribution in [-0.2, 0) is 9.53 Å². The van der Waals surface area contributed by atoms with Crippen LogP contribution >= 0.6 is 0 Å². The third-order valence-corrected chi connectivity index (χ3v) is 3.46. The fourth-order valence-corrected chi connectivity index (χ4v) is 2.45. The molecule has 1 aliphatic carbocycles. The molecule has 98 valence electrons. The normalized spacial score (nSPS) is 25.3. The third-order valence-electron chi connectivity index (χ3n) is 3.46. The summed E-state index contributed by atoms with van der Waals surface area (Å²) in [5, 5.41) is 8.91. The van der Waals surface area contributed by atoms with Gasteiger partial charge in [-0.25, -0.2) is 0 Å². The summed E-state index contributed by atoms with van der Waals surface area (Å²) < 4.78 is 5.35. The van der Waals surface area contributed by atoms with Gasteiger partial charge >= 0.3 is 5.97 Å². The second-order valence-electron chi connectivity index (χ2n) is 4.70. The number of nitrogens with two attached hydrogens (primary N) is 1. The van der Waals surface area contributed by atoms with Crippen molar-refractivity contribution >= 4 is 5.97 Å². The highest BCUT2D eigenvalue weighted by atomic mass is 16.5. The number of rotatable bonds is 3. The zero-order valence-corrected chi connectivity index (χ0v) is 10.3. The molecule has 0 spiro atoms. The van der Waals surface area contributed by atoms with Crippen LogP contribution in [0.2, 0.25) is 0 Å². The lowest BCUT2D eigenvalue weighted by molar-refractivity contribution is -0.138. The molecule has 0 bridgehead atoms. The molecular weight excluding hydrogens is 230 g/mol. The van der Waals surface area contributed by atoms with E-state index in [1.54, 1.807) is 0 Å². The highest BCUT2D eigenvalue weighted by Crippen LogP contribution is 2.30. The molecule has 0 saturated carbocycles. The summed E-state index contributed by atoms with van der Waals surface area (Å²) in [4.78, 5) is 10.9. The Balaban J connectivity index is 2.14. The van der Waals surface area contributed by atoms with Crippen LogP contribution in [-0.4, -0.2) is 30.3 Å². The van der Waals surface area contributed by atoms with Crippen molar-refractivity contribution in [1.29, 1.82) is 0 Å². The standard InChI is InChI=1S/C14H19NO3/c15-13(14(16)17)9-11-3-1-2-4-12(11)10-5-7-18-8-6-10/h1-4,11,13H,5-9,15H2,(H,16,17)/t11?,13-/m0/s1. The van der Waals surface area contributed by atoms with Gasteiger partial charge in [-0.3, -0.25) is 4.79 Å². The van der Waals surface area contributed by atoms with Crippen molar-refractivity contribution in [2.75, 3.05) is 13.2 Å². The van der Waals surface area contributed by atoms with E-state index in [1.165, 1.54) is 11.1 Å². The predicted octanol–water partition coefficient (Wildman–Crippen LogP) is 1.64. The molecular formula is C14H19NO3. The molecule has 1 aliphatic heterocycles. The quantitative estimate of drug-likeness (QED) is 0.797. The third kappa shape index (κ3) is 3.09. The van der Waals surface area contributed by atoms with Crippen molar-refractivity contribution in [2.24, 2.45) is 11.7 Å². The SMILES string of the molecule is N[C@@H](CC1C=CC=CC1=C1CCOCC1)C(=O)O. The highest BCUT2D eigenvalue weighted by Gasteiger charge is 2.22. The molecule has 0 aromatic carbocycles. The maximum Gasteiger partial charge on any atom is 0.320 e. The average molecular weight is 249 g/mol. The van der Waals surface area contributed by atoms with Crippen molar-refractivity contribution in [3.8, 4) is 0 Å². The Hall–Kier alpha value is -1.39. The van der Waals surface area contributed by atoms with Crippen molar-refractivity contribution in [2.45, 2.75) is 25.3 Å². The van der Waals surface area contributed by atoms with E-state index in [0.717, 1.165) is 26.1 Å². The summed E-state index contributed by atoms with van der Waals surface area (Å²) in [5.74, 6) is -0.816. The number of hydrogen-bond donors (Lipinski definition) is 2. The first-order valence-corrected chi connectivity index (χ1v) is 6.31. The number of carboxylic acid groups (broad SMARTS) is 1. The number of carbonyl (C=O) groups is 1. The zero-order valence-electron chi connectivity index (χ0n) is 10.3. The van der Waals surface area contributed by atoms with E-state index >= 15 is 0 Å².